The van der Waals surface area contributed by atoms with Crippen molar-refractivity contribution in [3.05, 3.63) is 54.1 Å². The second-order valence-electron chi connectivity index (χ2n) is 4.62. The van der Waals surface area contributed by atoms with Crippen LogP contribution in [0.2, 0.25) is 0 Å². The molecule has 0 saturated heterocycles. The molecule has 0 radical (unpaired) electrons. The minimum absolute atomic E-state index is 0.0351. The first-order chi connectivity index (χ1) is 10.7. The number of fused-ring (bicyclic) bond motifs is 1. The average molecular weight is 295 g/mol. The number of phenolic OH excluding ortho intramolecular Hbond substituents is 1. The Balaban J connectivity index is 1.62. The number of benzene rings is 2. The molecule has 0 aliphatic rings. The zero-order valence-corrected chi connectivity index (χ0v) is 11.5. The SMILES string of the molecule is O=C(Cn1nnc2ccccc21)N/N=C/c1ccc(O)cc1. The van der Waals surface area contributed by atoms with E-state index in [1.165, 1.54) is 10.9 Å². The number of hydrogen-bond donors (Lipinski definition) is 2. The molecular weight excluding hydrogens is 282 g/mol. The highest BCUT2D eigenvalue weighted by Crippen LogP contribution is 2.09. The van der Waals surface area contributed by atoms with Gasteiger partial charge in [0.15, 0.2) is 0 Å². The van der Waals surface area contributed by atoms with Crippen LogP contribution in [0.1, 0.15) is 5.56 Å². The minimum Gasteiger partial charge on any atom is -0.508 e. The van der Waals surface area contributed by atoms with Gasteiger partial charge in [-0.05, 0) is 42.0 Å². The Kier molecular flexibility index (Phi) is 3.78. The molecule has 7 heteroatoms. The van der Waals surface area contributed by atoms with Gasteiger partial charge in [0.05, 0.1) is 11.7 Å². The smallest absolute Gasteiger partial charge is 0.261 e. The number of carbonyl (C=O) groups excluding carboxylic acids is 1. The molecule has 1 amide bonds. The molecule has 0 bridgehead atoms. The van der Waals surface area contributed by atoms with Gasteiger partial charge in [-0.25, -0.2) is 10.1 Å². The summed E-state index contributed by atoms with van der Waals surface area (Å²) in [4.78, 5) is 11.8. The van der Waals surface area contributed by atoms with Crippen LogP contribution in [-0.2, 0) is 11.3 Å². The van der Waals surface area contributed by atoms with Gasteiger partial charge in [-0.3, -0.25) is 4.79 Å². The monoisotopic (exact) mass is 295 g/mol. The molecule has 0 unspecified atom stereocenters. The lowest BCUT2D eigenvalue weighted by atomic mass is 10.2. The van der Waals surface area contributed by atoms with Crippen LogP contribution < -0.4 is 5.43 Å². The largest absolute Gasteiger partial charge is 0.508 e. The Labute approximate surface area is 125 Å². The summed E-state index contributed by atoms with van der Waals surface area (Å²) in [5.74, 6) is -0.120. The summed E-state index contributed by atoms with van der Waals surface area (Å²) >= 11 is 0. The number of carbonyl (C=O) groups is 1. The van der Waals surface area contributed by atoms with Crippen molar-refractivity contribution in [1.82, 2.24) is 20.4 Å². The second-order valence-corrected chi connectivity index (χ2v) is 4.62. The van der Waals surface area contributed by atoms with E-state index in [0.717, 1.165) is 16.6 Å². The van der Waals surface area contributed by atoms with Crippen molar-refractivity contribution in [2.75, 3.05) is 0 Å². The van der Waals surface area contributed by atoms with Crippen molar-refractivity contribution < 1.29 is 9.90 Å². The Morgan fingerprint density at radius 3 is 2.82 bits per heavy atom. The Morgan fingerprint density at radius 1 is 1.23 bits per heavy atom. The van der Waals surface area contributed by atoms with Gasteiger partial charge in [-0.2, -0.15) is 5.10 Å². The quantitative estimate of drug-likeness (QED) is 0.560. The number of amides is 1. The Morgan fingerprint density at radius 2 is 2.00 bits per heavy atom. The fourth-order valence-electron chi connectivity index (χ4n) is 1.94. The zero-order chi connectivity index (χ0) is 15.4. The van der Waals surface area contributed by atoms with Crippen molar-refractivity contribution >= 4 is 23.2 Å². The molecule has 0 aliphatic heterocycles. The summed E-state index contributed by atoms with van der Waals surface area (Å²) in [7, 11) is 0. The van der Waals surface area contributed by atoms with E-state index >= 15 is 0 Å². The fourth-order valence-corrected chi connectivity index (χ4v) is 1.94. The van der Waals surface area contributed by atoms with Crippen molar-refractivity contribution in [3.63, 3.8) is 0 Å². The molecule has 0 saturated carbocycles. The fraction of sp³-hybridized carbons (Fsp3) is 0.0667. The van der Waals surface area contributed by atoms with Crippen molar-refractivity contribution in [2.45, 2.75) is 6.54 Å². The van der Waals surface area contributed by atoms with Crippen LogP contribution in [0.5, 0.6) is 5.75 Å². The van der Waals surface area contributed by atoms with Crippen molar-refractivity contribution in [3.8, 4) is 5.75 Å². The highest BCUT2D eigenvalue weighted by molar-refractivity contribution is 5.83. The van der Waals surface area contributed by atoms with Crippen LogP contribution in [0.4, 0.5) is 0 Å². The number of hydrogen-bond acceptors (Lipinski definition) is 5. The van der Waals surface area contributed by atoms with E-state index in [9.17, 15) is 9.90 Å². The van der Waals surface area contributed by atoms with E-state index in [1.54, 1.807) is 24.3 Å². The normalized spacial score (nSPS) is 11.1. The third-order valence-corrected chi connectivity index (χ3v) is 3.01. The van der Waals surface area contributed by atoms with Crippen LogP contribution in [0.25, 0.3) is 11.0 Å². The summed E-state index contributed by atoms with van der Waals surface area (Å²) in [5, 5.41) is 21.0. The van der Waals surface area contributed by atoms with E-state index in [4.69, 9.17) is 0 Å². The van der Waals surface area contributed by atoms with Gasteiger partial charge in [-0.1, -0.05) is 17.3 Å². The maximum atomic E-state index is 11.8. The van der Waals surface area contributed by atoms with Gasteiger partial charge in [-0.15, -0.1) is 5.10 Å². The lowest BCUT2D eigenvalue weighted by molar-refractivity contribution is -0.121. The van der Waals surface area contributed by atoms with Crippen LogP contribution in [-0.4, -0.2) is 32.2 Å². The Bertz CT molecular complexity index is 823. The van der Waals surface area contributed by atoms with Gasteiger partial charge in [0.1, 0.15) is 17.8 Å². The summed E-state index contributed by atoms with van der Waals surface area (Å²) in [6, 6.07) is 13.9. The standard InChI is InChI=1S/C15H13N5O2/c21-12-7-5-11(6-8-12)9-16-18-15(22)10-20-14-4-2-1-3-13(14)17-19-20/h1-9,21H,10H2,(H,18,22)/b16-9+. The maximum absolute atomic E-state index is 11.8. The van der Waals surface area contributed by atoms with Crippen molar-refractivity contribution in [1.29, 1.82) is 0 Å². The van der Waals surface area contributed by atoms with Crippen LogP contribution in [0.3, 0.4) is 0 Å². The molecule has 2 aromatic carbocycles. The van der Waals surface area contributed by atoms with Gasteiger partial charge in [0.25, 0.3) is 5.91 Å². The predicted octanol–water partition coefficient (Wildman–Crippen LogP) is 1.29. The molecule has 0 spiro atoms. The molecule has 7 nitrogen and oxygen atoms in total. The van der Waals surface area contributed by atoms with Gasteiger partial charge in [0.2, 0.25) is 0 Å². The minimum atomic E-state index is -0.300. The molecular formula is C15H13N5O2. The molecule has 110 valence electrons. The van der Waals surface area contributed by atoms with Gasteiger partial charge in [0, 0.05) is 0 Å². The molecule has 3 aromatic rings. The molecule has 1 heterocycles. The third-order valence-electron chi connectivity index (χ3n) is 3.01. The molecule has 1 aromatic heterocycles. The van der Waals surface area contributed by atoms with Gasteiger partial charge < -0.3 is 5.11 Å². The Hall–Kier alpha value is -3.22. The topological polar surface area (TPSA) is 92.4 Å². The second kappa shape index (κ2) is 6.04. The molecule has 0 fully saturated rings. The van der Waals surface area contributed by atoms with E-state index in [1.807, 2.05) is 24.3 Å². The molecule has 22 heavy (non-hydrogen) atoms. The van der Waals surface area contributed by atoms with Crippen LogP contribution in [0.15, 0.2) is 53.6 Å². The van der Waals surface area contributed by atoms with E-state index in [2.05, 4.69) is 20.8 Å². The first-order valence-corrected chi connectivity index (χ1v) is 6.61. The predicted molar refractivity (Wildman–Crippen MR) is 81.4 cm³/mol. The van der Waals surface area contributed by atoms with Crippen LogP contribution in [0, 0.1) is 0 Å². The number of nitrogens with one attached hydrogen (secondary N) is 1. The first kappa shape index (κ1) is 13.7. The highest BCUT2D eigenvalue weighted by Gasteiger charge is 2.07. The third kappa shape index (κ3) is 3.09. The number of phenols is 1. The molecule has 3 rings (SSSR count). The van der Waals surface area contributed by atoms with Crippen LogP contribution >= 0.6 is 0 Å². The number of aromatic nitrogens is 3. The maximum Gasteiger partial charge on any atom is 0.261 e. The summed E-state index contributed by atoms with van der Waals surface area (Å²) in [6.45, 7) is 0.0351. The first-order valence-electron chi connectivity index (χ1n) is 6.61. The lowest BCUT2D eigenvalue weighted by Crippen LogP contribution is -2.23. The number of aromatic hydroxyl groups is 1. The molecule has 0 atom stereocenters. The average Bonchev–Trinajstić information content (AvgIpc) is 2.93. The molecule has 0 aliphatic carbocycles. The number of rotatable bonds is 4. The number of nitrogens with zero attached hydrogens (tertiary/aromatic N) is 4. The van der Waals surface area contributed by atoms with E-state index in [-0.39, 0.29) is 18.2 Å². The summed E-state index contributed by atoms with van der Waals surface area (Å²) in [6.07, 6.45) is 1.50. The highest BCUT2D eigenvalue weighted by atomic mass is 16.3. The summed E-state index contributed by atoms with van der Waals surface area (Å²) in [5.41, 5.74) is 4.73. The van der Waals surface area contributed by atoms with Crippen molar-refractivity contribution in [2.24, 2.45) is 5.10 Å². The summed E-state index contributed by atoms with van der Waals surface area (Å²) < 4.78 is 1.51. The zero-order valence-electron chi connectivity index (χ0n) is 11.5. The number of para-hydroxylation sites is 1. The van der Waals surface area contributed by atoms with E-state index < -0.39 is 0 Å². The lowest BCUT2D eigenvalue weighted by Gasteiger charge is -2.01. The van der Waals surface area contributed by atoms with Gasteiger partial charge >= 0.3 is 0 Å². The van der Waals surface area contributed by atoms with E-state index in [0.29, 0.717) is 0 Å². The molecule has 2 N–H and O–H groups in total. The number of hydrazone groups is 1.